The standard InChI is InChI=1S/C22H26N2O2.ClH/c1-2-22(18-8-4-3-5-9-18)19-10-6-7-11-20(19)24(21(22)25)13-12-23-14-16-26-17-15-23;/h3-11H,2,12-17H2,1H3;1H. The van der Waals surface area contributed by atoms with Gasteiger partial charge in [0.05, 0.1) is 13.2 Å². The number of carbonyl (C=O) groups is 1. The number of hydrogen-bond acceptors (Lipinski definition) is 3. The molecule has 2 aromatic rings. The molecule has 4 rings (SSSR count). The average molecular weight is 387 g/mol. The first-order chi connectivity index (χ1) is 12.8. The monoisotopic (exact) mass is 386 g/mol. The SMILES string of the molecule is CCC1(c2ccccc2)C(=O)N(CCN2CCOCC2)c2ccccc21.Cl. The van der Waals surface area contributed by atoms with Crippen LogP contribution >= 0.6 is 12.4 Å². The zero-order valence-corrected chi connectivity index (χ0v) is 16.6. The molecule has 1 saturated heterocycles. The molecule has 144 valence electrons. The van der Waals surface area contributed by atoms with Crippen LogP contribution in [-0.2, 0) is 14.9 Å². The predicted octanol–water partition coefficient (Wildman–Crippen LogP) is 3.48. The van der Waals surface area contributed by atoms with Crippen molar-refractivity contribution in [2.24, 2.45) is 0 Å². The van der Waals surface area contributed by atoms with Crippen LogP contribution in [0.15, 0.2) is 54.6 Å². The lowest BCUT2D eigenvalue weighted by molar-refractivity contribution is -0.122. The summed E-state index contributed by atoms with van der Waals surface area (Å²) in [5.41, 5.74) is 2.73. The first-order valence-corrected chi connectivity index (χ1v) is 9.54. The second-order valence-electron chi connectivity index (χ2n) is 7.05. The summed E-state index contributed by atoms with van der Waals surface area (Å²) < 4.78 is 5.44. The highest BCUT2D eigenvalue weighted by Crippen LogP contribution is 2.48. The first-order valence-electron chi connectivity index (χ1n) is 9.54. The molecule has 0 aromatic heterocycles. The maximum Gasteiger partial charge on any atom is 0.242 e. The van der Waals surface area contributed by atoms with E-state index in [-0.39, 0.29) is 18.3 Å². The largest absolute Gasteiger partial charge is 0.379 e. The van der Waals surface area contributed by atoms with Crippen molar-refractivity contribution in [3.05, 3.63) is 65.7 Å². The van der Waals surface area contributed by atoms with Gasteiger partial charge in [0.15, 0.2) is 0 Å². The summed E-state index contributed by atoms with van der Waals surface area (Å²) in [4.78, 5) is 18.1. The van der Waals surface area contributed by atoms with Gasteiger partial charge in [-0.1, -0.05) is 55.5 Å². The third-order valence-corrected chi connectivity index (χ3v) is 5.81. The van der Waals surface area contributed by atoms with E-state index in [1.165, 1.54) is 0 Å². The normalized spacial score (nSPS) is 22.4. The van der Waals surface area contributed by atoms with Crippen molar-refractivity contribution >= 4 is 24.0 Å². The molecule has 4 nitrogen and oxygen atoms in total. The summed E-state index contributed by atoms with van der Waals surface area (Å²) in [6.07, 6.45) is 0.765. The summed E-state index contributed by atoms with van der Waals surface area (Å²) in [7, 11) is 0. The van der Waals surface area contributed by atoms with E-state index < -0.39 is 5.41 Å². The van der Waals surface area contributed by atoms with Crippen LogP contribution in [0.25, 0.3) is 0 Å². The Morgan fingerprint density at radius 1 is 0.963 bits per heavy atom. The molecule has 2 heterocycles. The summed E-state index contributed by atoms with van der Waals surface area (Å²) in [6, 6.07) is 18.5. The number of ether oxygens (including phenoxy) is 1. The van der Waals surface area contributed by atoms with Crippen LogP contribution < -0.4 is 4.90 Å². The van der Waals surface area contributed by atoms with E-state index in [4.69, 9.17) is 4.74 Å². The minimum atomic E-state index is -0.567. The molecule has 2 aromatic carbocycles. The minimum absolute atomic E-state index is 0. The topological polar surface area (TPSA) is 32.8 Å². The molecule has 5 heteroatoms. The number of nitrogens with zero attached hydrogens (tertiary/aromatic N) is 2. The van der Waals surface area contributed by atoms with Gasteiger partial charge >= 0.3 is 0 Å². The number of para-hydroxylation sites is 1. The van der Waals surface area contributed by atoms with E-state index in [1.54, 1.807) is 0 Å². The summed E-state index contributed by atoms with van der Waals surface area (Å²) in [5, 5.41) is 0. The van der Waals surface area contributed by atoms with Crippen LogP contribution in [0, 0.1) is 0 Å². The van der Waals surface area contributed by atoms with E-state index >= 15 is 0 Å². The number of benzene rings is 2. The Morgan fingerprint density at radius 3 is 2.33 bits per heavy atom. The van der Waals surface area contributed by atoms with E-state index in [0.29, 0.717) is 0 Å². The van der Waals surface area contributed by atoms with E-state index in [2.05, 4.69) is 36.1 Å². The highest BCUT2D eigenvalue weighted by atomic mass is 35.5. The molecule has 1 amide bonds. The number of amides is 1. The lowest BCUT2D eigenvalue weighted by Gasteiger charge is -2.30. The van der Waals surface area contributed by atoms with Gasteiger partial charge < -0.3 is 9.64 Å². The van der Waals surface area contributed by atoms with E-state index in [1.807, 2.05) is 35.2 Å². The molecule has 0 N–H and O–H groups in total. The maximum absolute atomic E-state index is 13.7. The number of rotatable bonds is 5. The molecular weight excluding hydrogens is 360 g/mol. The second kappa shape index (κ2) is 8.42. The lowest BCUT2D eigenvalue weighted by atomic mass is 9.73. The van der Waals surface area contributed by atoms with Crippen LogP contribution in [0.5, 0.6) is 0 Å². The molecule has 1 unspecified atom stereocenters. The van der Waals surface area contributed by atoms with E-state index in [9.17, 15) is 4.79 Å². The highest BCUT2D eigenvalue weighted by Gasteiger charge is 2.50. The number of hydrogen-bond donors (Lipinski definition) is 0. The average Bonchev–Trinajstić information content (AvgIpc) is 2.96. The van der Waals surface area contributed by atoms with Gasteiger partial charge in [0.2, 0.25) is 5.91 Å². The number of morpholine rings is 1. The van der Waals surface area contributed by atoms with Gasteiger partial charge in [-0.15, -0.1) is 12.4 Å². The van der Waals surface area contributed by atoms with Gasteiger partial charge in [-0.05, 0) is 23.6 Å². The smallest absolute Gasteiger partial charge is 0.242 e. The Morgan fingerprint density at radius 2 is 1.63 bits per heavy atom. The van der Waals surface area contributed by atoms with Crippen molar-refractivity contribution in [2.75, 3.05) is 44.3 Å². The van der Waals surface area contributed by atoms with Crippen molar-refractivity contribution in [1.82, 2.24) is 4.90 Å². The molecule has 2 aliphatic heterocycles. The van der Waals surface area contributed by atoms with Crippen LogP contribution in [0.4, 0.5) is 5.69 Å². The van der Waals surface area contributed by atoms with Gasteiger partial charge in [-0.25, -0.2) is 0 Å². The van der Waals surface area contributed by atoms with Gasteiger partial charge in [0.1, 0.15) is 5.41 Å². The molecule has 27 heavy (non-hydrogen) atoms. The molecule has 0 saturated carbocycles. The molecule has 1 atom stereocenters. The van der Waals surface area contributed by atoms with Crippen molar-refractivity contribution in [2.45, 2.75) is 18.8 Å². The third kappa shape index (κ3) is 3.38. The summed E-state index contributed by atoms with van der Waals surface area (Å²) in [6.45, 7) is 7.19. The van der Waals surface area contributed by atoms with E-state index in [0.717, 1.165) is 62.6 Å². The Bertz CT molecular complexity index is 777. The number of anilines is 1. The van der Waals surface area contributed by atoms with Gasteiger partial charge in [0, 0.05) is 31.9 Å². The maximum atomic E-state index is 13.7. The van der Waals surface area contributed by atoms with Crippen LogP contribution in [0.3, 0.4) is 0 Å². The summed E-state index contributed by atoms with van der Waals surface area (Å²) >= 11 is 0. The molecule has 2 aliphatic rings. The number of halogens is 1. The molecular formula is C22H27ClN2O2. The number of carbonyl (C=O) groups excluding carboxylic acids is 1. The van der Waals surface area contributed by atoms with Gasteiger partial charge in [-0.3, -0.25) is 9.69 Å². The van der Waals surface area contributed by atoms with Crippen LogP contribution in [0.2, 0.25) is 0 Å². The van der Waals surface area contributed by atoms with Crippen molar-refractivity contribution in [3.8, 4) is 0 Å². The fraction of sp³-hybridized carbons (Fsp3) is 0.409. The predicted molar refractivity (Wildman–Crippen MR) is 111 cm³/mol. The quantitative estimate of drug-likeness (QED) is 0.788. The fourth-order valence-electron chi connectivity index (χ4n) is 4.36. The third-order valence-electron chi connectivity index (χ3n) is 5.81. The number of fused-ring (bicyclic) bond motifs is 1. The Balaban J connectivity index is 0.00000210. The Hall–Kier alpha value is -1.88. The molecule has 1 fully saturated rings. The molecule has 0 radical (unpaired) electrons. The Labute approximate surface area is 167 Å². The highest BCUT2D eigenvalue weighted by molar-refractivity contribution is 6.10. The van der Waals surface area contributed by atoms with Crippen molar-refractivity contribution in [1.29, 1.82) is 0 Å². The molecule has 0 spiro atoms. The Kier molecular flexibility index (Phi) is 6.20. The second-order valence-corrected chi connectivity index (χ2v) is 7.05. The lowest BCUT2D eigenvalue weighted by Crippen LogP contribution is -2.45. The van der Waals surface area contributed by atoms with Crippen LogP contribution in [-0.4, -0.2) is 50.2 Å². The fourth-order valence-corrected chi connectivity index (χ4v) is 4.36. The van der Waals surface area contributed by atoms with Gasteiger partial charge in [-0.2, -0.15) is 0 Å². The zero-order valence-electron chi connectivity index (χ0n) is 15.8. The minimum Gasteiger partial charge on any atom is -0.379 e. The van der Waals surface area contributed by atoms with Crippen molar-refractivity contribution in [3.63, 3.8) is 0 Å². The first kappa shape index (κ1) is 19.9. The zero-order chi connectivity index (χ0) is 18.0. The summed E-state index contributed by atoms with van der Waals surface area (Å²) in [5.74, 6) is 0.209. The van der Waals surface area contributed by atoms with Crippen LogP contribution in [0.1, 0.15) is 24.5 Å². The molecule has 0 bridgehead atoms. The molecule has 0 aliphatic carbocycles. The van der Waals surface area contributed by atoms with Gasteiger partial charge in [0.25, 0.3) is 0 Å². The van der Waals surface area contributed by atoms with Crippen molar-refractivity contribution < 1.29 is 9.53 Å².